The van der Waals surface area contributed by atoms with E-state index in [9.17, 15) is 13.6 Å². The monoisotopic (exact) mass is 433 g/mol. The molecule has 158 valence electrons. The number of benzene rings is 1. The Morgan fingerprint density at radius 1 is 1.30 bits per heavy atom. The number of carbonyl (C=O) groups is 1. The van der Waals surface area contributed by atoms with E-state index >= 15 is 0 Å². The van der Waals surface area contributed by atoms with Crippen LogP contribution in [0.15, 0.2) is 30.5 Å². The Kier molecular flexibility index (Phi) is 5.00. The van der Waals surface area contributed by atoms with Gasteiger partial charge in [-0.25, -0.2) is 13.8 Å². The Labute approximate surface area is 178 Å². The van der Waals surface area contributed by atoms with Crippen LogP contribution in [0.4, 0.5) is 8.78 Å². The zero-order chi connectivity index (χ0) is 20.9. The van der Waals surface area contributed by atoms with E-state index in [1.165, 1.54) is 12.1 Å². The zero-order valence-electron chi connectivity index (χ0n) is 16.3. The highest BCUT2D eigenvalue weighted by atomic mass is 35.5. The quantitative estimate of drug-likeness (QED) is 0.749. The smallest absolute Gasteiger partial charge is 0.230 e. The number of rotatable bonds is 4. The Hall–Kier alpha value is -2.09. The van der Waals surface area contributed by atoms with Crippen LogP contribution in [0.3, 0.4) is 0 Å². The second-order valence-corrected chi connectivity index (χ2v) is 8.68. The zero-order valence-corrected chi connectivity index (χ0v) is 17.1. The molecule has 5 nitrogen and oxygen atoms in total. The van der Waals surface area contributed by atoms with Gasteiger partial charge in [-0.15, -0.1) is 0 Å². The van der Waals surface area contributed by atoms with Gasteiger partial charge in [0.25, 0.3) is 0 Å². The molecule has 2 aromatic rings. The van der Waals surface area contributed by atoms with E-state index in [4.69, 9.17) is 16.3 Å². The molecule has 1 saturated heterocycles. The first-order chi connectivity index (χ1) is 14.5. The van der Waals surface area contributed by atoms with E-state index in [1.807, 2.05) is 11.0 Å². The third-order valence-electron chi connectivity index (χ3n) is 6.38. The van der Waals surface area contributed by atoms with Gasteiger partial charge in [0.05, 0.1) is 12.5 Å². The van der Waals surface area contributed by atoms with Crippen molar-refractivity contribution < 1.29 is 18.3 Å². The van der Waals surface area contributed by atoms with Crippen molar-refractivity contribution in [3.8, 4) is 0 Å². The standard InChI is InChI=1S/C22H22ClF2N3O2/c23-20-4-1-13(9-27-20)11-28(15-2-3-15)21(29)17-10-26-6-5-22(17)16-8-19(25)18(24)7-14(16)12-30-22/h1,4,7-9,15,17,26H,2-3,5-6,10-12H2/t17-,22?/m1/s1. The third-order valence-corrected chi connectivity index (χ3v) is 6.61. The number of piperidine rings is 1. The van der Waals surface area contributed by atoms with Crippen molar-refractivity contribution in [2.24, 2.45) is 5.92 Å². The van der Waals surface area contributed by atoms with Crippen LogP contribution in [-0.2, 0) is 28.3 Å². The fourth-order valence-corrected chi connectivity index (χ4v) is 4.81. The molecule has 2 fully saturated rings. The van der Waals surface area contributed by atoms with Crippen LogP contribution in [-0.4, -0.2) is 34.9 Å². The summed E-state index contributed by atoms with van der Waals surface area (Å²) in [6.07, 6.45) is 4.12. The molecule has 1 N–H and O–H groups in total. The maximum absolute atomic E-state index is 14.1. The summed E-state index contributed by atoms with van der Waals surface area (Å²) >= 11 is 5.89. The molecule has 1 amide bonds. The van der Waals surface area contributed by atoms with Crippen LogP contribution >= 0.6 is 11.6 Å². The Bertz CT molecular complexity index is 983. The van der Waals surface area contributed by atoms with Gasteiger partial charge in [-0.2, -0.15) is 0 Å². The van der Waals surface area contributed by atoms with Gasteiger partial charge >= 0.3 is 0 Å². The number of hydrogen-bond donors (Lipinski definition) is 1. The van der Waals surface area contributed by atoms with E-state index in [2.05, 4.69) is 10.3 Å². The SMILES string of the molecule is O=C([C@H]1CNCCC12OCc1cc(F)c(F)cc12)N(Cc1ccc(Cl)nc1)C1CC1. The van der Waals surface area contributed by atoms with Crippen molar-refractivity contribution in [2.75, 3.05) is 13.1 Å². The minimum atomic E-state index is -0.933. The highest BCUT2D eigenvalue weighted by molar-refractivity contribution is 6.29. The Balaban J connectivity index is 1.48. The number of carbonyl (C=O) groups excluding carboxylic acids is 1. The van der Waals surface area contributed by atoms with Gasteiger partial charge in [0.1, 0.15) is 10.8 Å². The number of amides is 1. The average Bonchev–Trinajstić information content (AvgIpc) is 3.53. The van der Waals surface area contributed by atoms with E-state index in [1.54, 1.807) is 12.3 Å². The summed E-state index contributed by atoms with van der Waals surface area (Å²) in [5.74, 6) is -2.34. The van der Waals surface area contributed by atoms with Crippen LogP contribution in [0.25, 0.3) is 0 Å². The highest BCUT2D eigenvalue weighted by Crippen LogP contribution is 2.48. The number of halogens is 3. The average molecular weight is 434 g/mol. The molecule has 8 heteroatoms. The number of ether oxygens (including phenoxy) is 1. The fraction of sp³-hybridized carbons (Fsp3) is 0.455. The summed E-state index contributed by atoms with van der Waals surface area (Å²) in [7, 11) is 0. The first kappa shape index (κ1) is 19.8. The van der Waals surface area contributed by atoms with Gasteiger partial charge in [0, 0.05) is 25.3 Å². The normalized spacial score (nSPS) is 25.4. The molecule has 3 heterocycles. The number of nitrogens with zero attached hydrogens (tertiary/aromatic N) is 2. The summed E-state index contributed by atoms with van der Waals surface area (Å²) in [6, 6.07) is 6.17. The number of hydrogen-bond acceptors (Lipinski definition) is 4. The maximum Gasteiger partial charge on any atom is 0.230 e. The second kappa shape index (κ2) is 7.55. The summed E-state index contributed by atoms with van der Waals surface area (Å²) in [5, 5.41) is 3.69. The summed E-state index contributed by atoms with van der Waals surface area (Å²) < 4.78 is 34.0. The number of fused-ring (bicyclic) bond motifs is 2. The predicted molar refractivity (Wildman–Crippen MR) is 107 cm³/mol. The molecule has 2 atom stereocenters. The molecule has 1 spiro atoms. The van der Waals surface area contributed by atoms with Gasteiger partial charge < -0.3 is 15.0 Å². The molecule has 2 aliphatic heterocycles. The third kappa shape index (κ3) is 3.39. The van der Waals surface area contributed by atoms with E-state index in [-0.39, 0.29) is 18.6 Å². The summed E-state index contributed by atoms with van der Waals surface area (Å²) in [6.45, 7) is 1.69. The fourth-order valence-electron chi connectivity index (χ4n) is 4.70. The van der Waals surface area contributed by atoms with Crippen LogP contribution in [0, 0.1) is 17.6 Å². The number of nitrogens with one attached hydrogen (secondary N) is 1. The first-order valence-electron chi connectivity index (χ1n) is 10.2. The molecular formula is C22H22ClF2N3O2. The van der Waals surface area contributed by atoms with Gasteiger partial charge in [-0.05, 0) is 60.7 Å². The second-order valence-electron chi connectivity index (χ2n) is 8.29. The van der Waals surface area contributed by atoms with E-state index in [0.717, 1.165) is 18.4 Å². The van der Waals surface area contributed by atoms with Crippen LogP contribution in [0.5, 0.6) is 0 Å². The van der Waals surface area contributed by atoms with Crippen molar-refractivity contribution in [2.45, 2.75) is 44.1 Å². The molecule has 0 bridgehead atoms. The molecule has 1 saturated carbocycles. The van der Waals surface area contributed by atoms with Crippen molar-refractivity contribution in [3.05, 3.63) is 63.9 Å². The van der Waals surface area contributed by atoms with E-state index in [0.29, 0.717) is 42.3 Å². The van der Waals surface area contributed by atoms with E-state index < -0.39 is 23.2 Å². The van der Waals surface area contributed by atoms with Crippen molar-refractivity contribution >= 4 is 17.5 Å². The number of pyridine rings is 1. The van der Waals surface area contributed by atoms with Gasteiger partial charge in [-0.1, -0.05) is 17.7 Å². The predicted octanol–water partition coefficient (Wildman–Crippen LogP) is 3.54. The molecule has 1 unspecified atom stereocenters. The maximum atomic E-state index is 14.1. The molecule has 30 heavy (non-hydrogen) atoms. The van der Waals surface area contributed by atoms with Crippen molar-refractivity contribution in [1.29, 1.82) is 0 Å². The Morgan fingerprint density at radius 3 is 2.83 bits per heavy atom. The summed E-state index contributed by atoms with van der Waals surface area (Å²) in [4.78, 5) is 19.8. The lowest BCUT2D eigenvalue weighted by Gasteiger charge is -2.42. The lowest BCUT2D eigenvalue weighted by Crippen LogP contribution is -2.55. The molecule has 1 aromatic heterocycles. The van der Waals surface area contributed by atoms with Gasteiger partial charge in [0.15, 0.2) is 11.6 Å². The van der Waals surface area contributed by atoms with Crippen LogP contribution in [0.2, 0.25) is 5.15 Å². The van der Waals surface area contributed by atoms with Crippen molar-refractivity contribution in [1.82, 2.24) is 15.2 Å². The molecule has 1 aliphatic carbocycles. The number of aromatic nitrogens is 1. The first-order valence-corrected chi connectivity index (χ1v) is 10.6. The largest absolute Gasteiger partial charge is 0.365 e. The lowest BCUT2D eigenvalue weighted by atomic mass is 9.75. The minimum Gasteiger partial charge on any atom is -0.365 e. The van der Waals surface area contributed by atoms with Crippen LogP contribution in [0.1, 0.15) is 36.0 Å². The summed E-state index contributed by atoms with van der Waals surface area (Å²) in [5.41, 5.74) is 1.19. The van der Waals surface area contributed by atoms with Crippen LogP contribution < -0.4 is 5.32 Å². The molecule has 1 aromatic carbocycles. The van der Waals surface area contributed by atoms with Gasteiger partial charge in [0.2, 0.25) is 5.91 Å². The lowest BCUT2D eigenvalue weighted by molar-refractivity contribution is -0.157. The van der Waals surface area contributed by atoms with Crippen molar-refractivity contribution in [3.63, 3.8) is 0 Å². The topological polar surface area (TPSA) is 54.5 Å². The molecule has 5 rings (SSSR count). The highest BCUT2D eigenvalue weighted by Gasteiger charge is 2.53. The molecule has 3 aliphatic rings. The minimum absolute atomic E-state index is 0.0303. The Morgan fingerprint density at radius 2 is 2.10 bits per heavy atom. The van der Waals surface area contributed by atoms with Gasteiger partial charge in [-0.3, -0.25) is 4.79 Å². The molecule has 0 radical (unpaired) electrons. The molecular weight excluding hydrogens is 412 g/mol.